The number of carbonyl (C=O) groups is 5. The zero-order valence-electron chi connectivity index (χ0n) is 14.3. The number of ether oxygens (including phenoxy) is 1. The first kappa shape index (κ1) is 18.1. The van der Waals surface area contributed by atoms with Gasteiger partial charge in [0.05, 0.1) is 19.0 Å². The molecular weight excluding hydrogens is 342 g/mol. The molecule has 9 nitrogen and oxygen atoms in total. The number of fused-ring (bicyclic) bond motifs is 1. The molecule has 0 spiro atoms. The lowest BCUT2D eigenvalue weighted by molar-refractivity contribution is -0.140. The van der Waals surface area contributed by atoms with Crippen molar-refractivity contribution >= 4 is 29.5 Å². The van der Waals surface area contributed by atoms with E-state index in [9.17, 15) is 24.0 Å². The maximum Gasteiger partial charge on any atom is 0.343 e. The van der Waals surface area contributed by atoms with E-state index in [4.69, 9.17) is 10.5 Å². The van der Waals surface area contributed by atoms with E-state index in [1.807, 2.05) is 0 Å². The van der Waals surface area contributed by atoms with Crippen molar-refractivity contribution < 1.29 is 28.7 Å². The number of ketones is 1. The van der Waals surface area contributed by atoms with Crippen LogP contribution in [0.1, 0.15) is 19.8 Å². The highest BCUT2D eigenvalue weighted by Gasteiger charge is 2.52. The van der Waals surface area contributed by atoms with Gasteiger partial charge in [-0.1, -0.05) is 6.92 Å². The Morgan fingerprint density at radius 3 is 2.69 bits per heavy atom. The van der Waals surface area contributed by atoms with Crippen molar-refractivity contribution in [1.29, 1.82) is 0 Å². The van der Waals surface area contributed by atoms with E-state index in [-0.39, 0.29) is 36.8 Å². The molecule has 0 bridgehead atoms. The molecule has 26 heavy (non-hydrogen) atoms. The van der Waals surface area contributed by atoms with Crippen LogP contribution >= 0.6 is 0 Å². The number of esters is 1. The first-order valence-electron chi connectivity index (χ1n) is 8.45. The normalized spacial score (nSPS) is 25.8. The van der Waals surface area contributed by atoms with Gasteiger partial charge in [0, 0.05) is 12.5 Å². The van der Waals surface area contributed by atoms with Crippen LogP contribution in [0.25, 0.3) is 0 Å². The second kappa shape index (κ2) is 6.89. The van der Waals surface area contributed by atoms with Crippen molar-refractivity contribution in [3.63, 3.8) is 0 Å². The van der Waals surface area contributed by atoms with Gasteiger partial charge < -0.3 is 20.3 Å². The first-order chi connectivity index (χ1) is 12.3. The molecule has 3 amide bonds. The predicted molar refractivity (Wildman–Crippen MR) is 86.9 cm³/mol. The minimum absolute atomic E-state index is 0.0490. The second-order valence-electron chi connectivity index (χ2n) is 6.69. The zero-order valence-corrected chi connectivity index (χ0v) is 14.3. The van der Waals surface area contributed by atoms with E-state index < -0.39 is 35.8 Å². The Balaban J connectivity index is 1.67. The number of likely N-dealkylation sites (tertiary alicyclic amines) is 2. The van der Waals surface area contributed by atoms with Gasteiger partial charge in [0.25, 0.3) is 5.91 Å². The number of carbonyl (C=O) groups excluding carboxylic acids is 5. The Hall–Kier alpha value is -2.71. The van der Waals surface area contributed by atoms with Crippen molar-refractivity contribution in [1.82, 2.24) is 9.80 Å². The van der Waals surface area contributed by atoms with Gasteiger partial charge in [-0.05, 0) is 18.9 Å². The Kier molecular flexibility index (Phi) is 4.80. The van der Waals surface area contributed by atoms with E-state index in [0.29, 0.717) is 13.0 Å². The fourth-order valence-electron chi connectivity index (χ4n) is 3.54. The molecular formula is C17H20N3O6. The van der Waals surface area contributed by atoms with E-state index in [2.05, 4.69) is 0 Å². The van der Waals surface area contributed by atoms with E-state index >= 15 is 0 Å². The molecule has 0 aromatic heterocycles. The average Bonchev–Trinajstić information content (AvgIpc) is 3.28. The lowest BCUT2D eigenvalue weighted by Gasteiger charge is -2.24. The lowest BCUT2D eigenvalue weighted by atomic mass is 10.0. The van der Waals surface area contributed by atoms with Crippen molar-refractivity contribution in [2.45, 2.75) is 31.8 Å². The second-order valence-corrected chi connectivity index (χ2v) is 6.69. The molecule has 3 aliphatic rings. The highest BCUT2D eigenvalue weighted by molar-refractivity contribution is 6.18. The predicted octanol–water partition coefficient (Wildman–Crippen LogP) is -1.43. The van der Waals surface area contributed by atoms with Crippen molar-refractivity contribution in [2.75, 3.05) is 19.7 Å². The van der Waals surface area contributed by atoms with Crippen LogP contribution in [-0.4, -0.2) is 71.1 Å². The van der Waals surface area contributed by atoms with Gasteiger partial charge in [0.1, 0.15) is 18.2 Å². The van der Waals surface area contributed by atoms with E-state index in [0.717, 1.165) is 0 Å². The van der Waals surface area contributed by atoms with Crippen LogP contribution in [-0.2, 0) is 28.7 Å². The molecule has 0 aromatic carbocycles. The van der Waals surface area contributed by atoms with Gasteiger partial charge in [-0.15, -0.1) is 0 Å². The minimum Gasteiger partial charge on any atom is -0.458 e. The molecule has 0 saturated carbocycles. The van der Waals surface area contributed by atoms with Gasteiger partial charge in [-0.25, -0.2) is 4.79 Å². The molecule has 2 saturated heterocycles. The number of hydrogen-bond acceptors (Lipinski definition) is 6. The van der Waals surface area contributed by atoms with Gasteiger partial charge >= 0.3 is 5.97 Å². The summed E-state index contributed by atoms with van der Waals surface area (Å²) in [6.45, 7) is 1.86. The number of cyclic esters (lactones) is 1. The topological polar surface area (TPSA) is 127 Å². The van der Waals surface area contributed by atoms with Crippen LogP contribution in [0.3, 0.4) is 0 Å². The van der Waals surface area contributed by atoms with Gasteiger partial charge in [0.15, 0.2) is 5.78 Å². The van der Waals surface area contributed by atoms with Gasteiger partial charge in [-0.2, -0.15) is 0 Å². The molecule has 3 heterocycles. The van der Waals surface area contributed by atoms with Crippen LogP contribution in [0.5, 0.6) is 0 Å². The maximum atomic E-state index is 12.6. The third-order valence-electron chi connectivity index (χ3n) is 5.05. The fourth-order valence-corrected chi connectivity index (χ4v) is 3.54. The molecule has 3 atom stereocenters. The van der Waals surface area contributed by atoms with Crippen molar-refractivity contribution in [2.24, 2.45) is 11.7 Å². The molecule has 9 heteroatoms. The summed E-state index contributed by atoms with van der Waals surface area (Å²) in [5.74, 6) is -2.79. The quantitative estimate of drug-likeness (QED) is 0.472. The third kappa shape index (κ3) is 3.09. The highest BCUT2D eigenvalue weighted by atomic mass is 16.5. The summed E-state index contributed by atoms with van der Waals surface area (Å²) < 4.78 is 4.75. The average molecular weight is 362 g/mol. The Labute approximate surface area is 150 Å². The summed E-state index contributed by atoms with van der Waals surface area (Å²) in [5.41, 5.74) is 5.12. The van der Waals surface area contributed by atoms with E-state index in [1.165, 1.54) is 22.3 Å². The van der Waals surface area contributed by atoms with Crippen LogP contribution < -0.4 is 5.73 Å². The summed E-state index contributed by atoms with van der Waals surface area (Å²) in [4.78, 5) is 62.8. The lowest BCUT2D eigenvalue weighted by Crippen LogP contribution is -2.44. The highest BCUT2D eigenvalue weighted by Crippen LogP contribution is 2.31. The van der Waals surface area contributed by atoms with Crippen molar-refractivity contribution in [3.8, 4) is 0 Å². The van der Waals surface area contributed by atoms with Crippen molar-refractivity contribution in [3.05, 3.63) is 18.1 Å². The number of rotatable bonds is 5. The van der Waals surface area contributed by atoms with Crippen LogP contribution in [0.15, 0.2) is 11.6 Å². The third-order valence-corrected chi connectivity index (χ3v) is 5.05. The molecule has 3 unspecified atom stereocenters. The SMILES string of the molecule is CC(C[CH]C(=O)N1CCC2C1C(=O)CN2C(=O)C1=CCOC1=O)C(N)=O. The molecule has 2 fully saturated rings. The van der Waals surface area contributed by atoms with Gasteiger partial charge in [-0.3, -0.25) is 19.2 Å². The summed E-state index contributed by atoms with van der Waals surface area (Å²) >= 11 is 0. The molecule has 0 aliphatic carbocycles. The largest absolute Gasteiger partial charge is 0.458 e. The fraction of sp³-hybridized carbons (Fsp3) is 0.529. The standard InChI is InChI=1S/C17H20N3O6/c1-9(15(18)23)2-3-13(22)19-6-4-11-14(19)12(21)8-20(11)16(24)10-5-7-26-17(10)25/h3,5,9,11,14H,2,4,6-8H2,1H3,(H2,18,23). The minimum atomic E-state index is -0.718. The number of hydrogen-bond donors (Lipinski definition) is 1. The van der Waals surface area contributed by atoms with E-state index in [1.54, 1.807) is 6.92 Å². The van der Waals surface area contributed by atoms with Crippen LogP contribution in [0.2, 0.25) is 0 Å². The number of primary amides is 1. The van der Waals surface area contributed by atoms with Gasteiger partial charge in [0.2, 0.25) is 11.8 Å². The monoisotopic (exact) mass is 362 g/mol. The van der Waals surface area contributed by atoms with Crippen LogP contribution in [0.4, 0.5) is 0 Å². The molecule has 3 rings (SSSR count). The summed E-state index contributed by atoms with van der Waals surface area (Å²) in [5, 5.41) is 0. The Morgan fingerprint density at radius 1 is 1.35 bits per heavy atom. The zero-order chi connectivity index (χ0) is 19.0. The Bertz CT molecular complexity index is 715. The molecule has 2 N–H and O–H groups in total. The maximum absolute atomic E-state index is 12.6. The number of nitrogens with zero attached hydrogens (tertiary/aromatic N) is 2. The first-order valence-corrected chi connectivity index (χ1v) is 8.45. The smallest absolute Gasteiger partial charge is 0.343 e. The summed E-state index contributed by atoms with van der Waals surface area (Å²) in [7, 11) is 0. The molecule has 1 radical (unpaired) electrons. The summed E-state index contributed by atoms with van der Waals surface area (Å²) in [6, 6.07) is -1.17. The molecule has 0 aromatic rings. The number of amides is 3. The summed E-state index contributed by atoms with van der Waals surface area (Å²) in [6.07, 6.45) is 3.40. The molecule has 3 aliphatic heterocycles. The Morgan fingerprint density at radius 2 is 2.08 bits per heavy atom. The number of Topliss-reactive ketones (excluding diaryl/α,β-unsaturated/α-hetero) is 1. The van der Waals surface area contributed by atoms with Crippen LogP contribution in [0, 0.1) is 12.3 Å². The number of nitrogens with two attached hydrogens (primary N) is 1. The molecule has 139 valence electrons.